The molecule has 1 unspecified atom stereocenters. The fourth-order valence-electron chi connectivity index (χ4n) is 4.12. The van der Waals surface area contributed by atoms with Crippen LogP contribution in [0.3, 0.4) is 0 Å². The summed E-state index contributed by atoms with van der Waals surface area (Å²) in [6.07, 6.45) is -5.08. The van der Waals surface area contributed by atoms with Crippen LogP contribution in [-0.2, 0) is 34.6 Å². The Balaban J connectivity index is 2.41. The van der Waals surface area contributed by atoms with Gasteiger partial charge in [0.25, 0.3) is 11.8 Å². The van der Waals surface area contributed by atoms with Crippen molar-refractivity contribution in [2.24, 2.45) is 5.92 Å². The number of halogens is 8. The predicted molar refractivity (Wildman–Crippen MR) is 154 cm³/mol. The van der Waals surface area contributed by atoms with Gasteiger partial charge in [-0.15, -0.1) is 0 Å². The second kappa shape index (κ2) is 16.5. The summed E-state index contributed by atoms with van der Waals surface area (Å²) in [6.45, 7) is -0.598. The van der Waals surface area contributed by atoms with Gasteiger partial charge in [0.05, 0.1) is 19.8 Å². The number of rotatable bonds is 16. The molecule has 0 bridgehead atoms. The molecule has 3 atom stereocenters. The van der Waals surface area contributed by atoms with Crippen LogP contribution in [0.25, 0.3) is 0 Å². The fraction of sp³-hybridized carbons (Fsp3) is 0.433. The Labute approximate surface area is 274 Å². The van der Waals surface area contributed by atoms with Crippen molar-refractivity contribution < 1.29 is 68.6 Å². The molecule has 270 valence electrons. The van der Waals surface area contributed by atoms with Crippen LogP contribution in [0.4, 0.5) is 35.1 Å². The third-order valence-corrected chi connectivity index (χ3v) is 6.72. The van der Waals surface area contributed by atoms with E-state index in [4.69, 9.17) is 9.47 Å². The van der Waals surface area contributed by atoms with E-state index in [-0.39, 0.29) is 11.3 Å². The molecule has 0 radical (unpaired) electrons. The van der Waals surface area contributed by atoms with Gasteiger partial charge in [0.2, 0.25) is 17.6 Å². The smallest absolute Gasteiger partial charge is 0.405 e. The number of amides is 4. The van der Waals surface area contributed by atoms with Gasteiger partial charge in [0.1, 0.15) is 30.2 Å². The van der Waals surface area contributed by atoms with Crippen LogP contribution in [0.15, 0.2) is 48.5 Å². The normalized spacial score (nSPS) is 13.9. The number of carbonyl (C=O) groups is 5. The van der Waals surface area contributed by atoms with Crippen LogP contribution in [0.5, 0.6) is 5.75 Å². The highest BCUT2D eigenvalue weighted by Crippen LogP contribution is 2.29. The maximum atomic E-state index is 14.9. The number of alkyl halides is 7. The first-order chi connectivity index (χ1) is 22.6. The van der Waals surface area contributed by atoms with Gasteiger partial charge in [-0.3, -0.25) is 24.0 Å². The van der Waals surface area contributed by atoms with E-state index >= 15 is 0 Å². The zero-order chi connectivity index (χ0) is 37.3. The van der Waals surface area contributed by atoms with Gasteiger partial charge >= 0.3 is 18.0 Å². The number of hydrogen-bond donors (Lipinski definition) is 4. The van der Waals surface area contributed by atoms with Gasteiger partial charge in [0, 0.05) is 12.7 Å². The van der Waals surface area contributed by atoms with Crippen LogP contribution in [-0.4, -0.2) is 81.0 Å². The standard InChI is InChI=1S/C30H32F8N4O7/c1-15(2)21(23(43)30(37,38)26(46)39-14-28(32,33)34)41-25(45)22(16-8-10-19(49-4)11-9-16)42-24(44)20(13-48-3)40-27(47)29(35,36)17-6-5-7-18(31)12-17/h5-12,15,20-22H,13-14H2,1-4H3,(H,39,46)(H,40,47)(H,41,45)(H,42,44)/t20-,21-,22?/m0/s1. The second-order valence-electron chi connectivity index (χ2n) is 10.7. The third-order valence-electron chi connectivity index (χ3n) is 6.72. The lowest BCUT2D eigenvalue weighted by atomic mass is 9.94. The second-order valence-corrected chi connectivity index (χ2v) is 10.7. The minimum absolute atomic E-state index is 0.0936. The van der Waals surface area contributed by atoms with Gasteiger partial charge in [-0.05, 0) is 35.7 Å². The summed E-state index contributed by atoms with van der Waals surface area (Å²) in [5.74, 6) is -21.1. The molecule has 0 aliphatic rings. The summed E-state index contributed by atoms with van der Waals surface area (Å²) in [5.41, 5.74) is -1.14. The van der Waals surface area contributed by atoms with Gasteiger partial charge in [0.15, 0.2) is 0 Å². The Bertz CT molecular complexity index is 1500. The Morgan fingerprint density at radius 2 is 1.41 bits per heavy atom. The Morgan fingerprint density at radius 3 is 1.92 bits per heavy atom. The number of Topliss-reactive ketones (excluding diaryl/α,β-unsaturated/α-hetero) is 1. The largest absolute Gasteiger partial charge is 0.497 e. The quantitative estimate of drug-likeness (QED) is 0.154. The summed E-state index contributed by atoms with van der Waals surface area (Å²) in [7, 11) is 2.33. The monoisotopic (exact) mass is 712 g/mol. The van der Waals surface area contributed by atoms with Gasteiger partial charge < -0.3 is 30.7 Å². The molecule has 0 spiro atoms. The maximum Gasteiger partial charge on any atom is 0.405 e. The Kier molecular flexibility index (Phi) is 13.6. The van der Waals surface area contributed by atoms with Crippen molar-refractivity contribution in [3.63, 3.8) is 0 Å². The topological polar surface area (TPSA) is 152 Å². The highest BCUT2D eigenvalue weighted by molar-refractivity contribution is 6.10. The van der Waals surface area contributed by atoms with Gasteiger partial charge in [-0.1, -0.05) is 38.1 Å². The lowest BCUT2D eigenvalue weighted by molar-refractivity contribution is -0.165. The van der Waals surface area contributed by atoms with Crippen LogP contribution in [0.2, 0.25) is 0 Å². The molecular formula is C30H32F8N4O7. The molecule has 0 saturated carbocycles. The van der Waals surface area contributed by atoms with E-state index in [1.54, 1.807) is 5.32 Å². The molecule has 0 aromatic heterocycles. The fourth-order valence-corrected chi connectivity index (χ4v) is 4.12. The number of ketones is 1. The molecule has 4 N–H and O–H groups in total. The third kappa shape index (κ3) is 10.8. The van der Waals surface area contributed by atoms with Crippen molar-refractivity contribution in [2.45, 2.75) is 50.0 Å². The summed E-state index contributed by atoms with van der Waals surface area (Å²) in [4.78, 5) is 64.0. The minimum atomic E-state index is -5.08. The number of nitrogens with one attached hydrogen (secondary N) is 4. The predicted octanol–water partition coefficient (Wildman–Crippen LogP) is 2.94. The Morgan fingerprint density at radius 1 is 0.796 bits per heavy atom. The summed E-state index contributed by atoms with van der Waals surface area (Å²) >= 11 is 0. The molecule has 0 aliphatic heterocycles. The highest BCUT2D eigenvalue weighted by atomic mass is 19.4. The molecule has 19 heteroatoms. The maximum absolute atomic E-state index is 14.9. The number of hydrogen-bond acceptors (Lipinski definition) is 7. The zero-order valence-corrected chi connectivity index (χ0v) is 26.2. The van der Waals surface area contributed by atoms with Crippen molar-refractivity contribution >= 4 is 29.4 Å². The van der Waals surface area contributed by atoms with Gasteiger partial charge in [-0.2, -0.15) is 30.7 Å². The number of benzene rings is 2. The summed E-state index contributed by atoms with van der Waals surface area (Å²) in [6, 6.07) is 1.92. The summed E-state index contributed by atoms with van der Waals surface area (Å²) in [5, 5.41) is 6.75. The number of carbonyl (C=O) groups excluding carboxylic acids is 5. The first-order valence-electron chi connectivity index (χ1n) is 14.1. The van der Waals surface area contributed by atoms with E-state index in [0.29, 0.717) is 6.07 Å². The molecule has 49 heavy (non-hydrogen) atoms. The lowest BCUT2D eigenvalue weighted by Crippen LogP contribution is -2.59. The Hall–Kier alpha value is -4.81. The van der Waals surface area contributed by atoms with Crippen LogP contribution in [0.1, 0.15) is 31.0 Å². The van der Waals surface area contributed by atoms with E-state index in [2.05, 4.69) is 5.32 Å². The van der Waals surface area contributed by atoms with Crippen LogP contribution >= 0.6 is 0 Å². The molecule has 0 aliphatic carbocycles. The van der Waals surface area contributed by atoms with Crippen LogP contribution < -0.4 is 26.0 Å². The van der Waals surface area contributed by atoms with Crippen molar-refractivity contribution in [2.75, 3.05) is 27.4 Å². The van der Waals surface area contributed by atoms with E-state index in [0.717, 1.165) is 44.5 Å². The molecule has 2 rings (SSSR count). The van der Waals surface area contributed by atoms with Crippen molar-refractivity contribution in [1.29, 1.82) is 0 Å². The first-order valence-corrected chi connectivity index (χ1v) is 14.1. The number of ether oxygens (including phenoxy) is 2. The summed E-state index contributed by atoms with van der Waals surface area (Å²) < 4.78 is 120. The molecule has 11 nitrogen and oxygen atoms in total. The van der Waals surface area contributed by atoms with Crippen molar-refractivity contribution in [3.8, 4) is 5.75 Å². The SMILES string of the molecule is COC[C@H](NC(=O)C(F)(F)c1cccc(F)c1)C(=O)NC(C(=O)N[C@H](C(=O)C(F)(F)C(=O)NCC(F)(F)F)C(C)C)c1ccc(OC)cc1. The minimum Gasteiger partial charge on any atom is -0.497 e. The molecule has 2 aromatic rings. The van der Waals surface area contributed by atoms with E-state index in [1.165, 1.54) is 31.4 Å². The molecule has 0 saturated heterocycles. The zero-order valence-electron chi connectivity index (χ0n) is 26.2. The van der Waals surface area contributed by atoms with Crippen LogP contribution in [0, 0.1) is 11.7 Å². The van der Waals surface area contributed by atoms with E-state index < -0.39 is 96.0 Å². The molecule has 2 aromatic carbocycles. The van der Waals surface area contributed by atoms with E-state index in [1.807, 2.05) is 5.32 Å². The molecular weight excluding hydrogens is 680 g/mol. The number of methoxy groups -OCH3 is 2. The van der Waals surface area contributed by atoms with Crippen molar-refractivity contribution in [3.05, 3.63) is 65.5 Å². The first kappa shape index (κ1) is 40.4. The molecule has 0 heterocycles. The lowest BCUT2D eigenvalue weighted by Gasteiger charge is -2.28. The highest BCUT2D eigenvalue weighted by Gasteiger charge is 2.52. The van der Waals surface area contributed by atoms with Crippen molar-refractivity contribution in [1.82, 2.24) is 21.3 Å². The average molecular weight is 713 g/mol. The molecule has 0 fully saturated rings. The average Bonchev–Trinajstić information content (AvgIpc) is 3.03. The molecule has 4 amide bonds. The van der Waals surface area contributed by atoms with E-state index in [9.17, 15) is 59.1 Å². The van der Waals surface area contributed by atoms with Gasteiger partial charge in [-0.25, -0.2) is 4.39 Å².